The Hall–Kier alpha value is -1.71. The van der Waals surface area contributed by atoms with Crippen molar-refractivity contribution in [2.45, 2.75) is 13.0 Å². The molecule has 0 aliphatic heterocycles. The van der Waals surface area contributed by atoms with Gasteiger partial charge in [0.15, 0.2) is 0 Å². The van der Waals surface area contributed by atoms with Gasteiger partial charge in [0.1, 0.15) is 0 Å². The zero-order valence-electron chi connectivity index (χ0n) is 10.9. The molecule has 0 heterocycles. The maximum atomic E-state index is 11.0. The number of anilines is 1. The van der Waals surface area contributed by atoms with E-state index in [1.54, 1.807) is 18.2 Å². The molecule has 0 saturated carbocycles. The Bertz CT molecular complexity index is 606. The van der Waals surface area contributed by atoms with Gasteiger partial charge >= 0.3 is 0 Å². The molecule has 0 fully saturated rings. The second-order valence-electron chi connectivity index (χ2n) is 4.51. The molecule has 0 saturated heterocycles. The molecule has 3 nitrogen and oxygen atoms in total. The van der Waals surface area contributed by atoms with Crippen molar-refractivity contribution in [2.24, 2.45) is 5.73 Å². The molecule has 2 aromatic carbocycles. The number of amides is 1. The van der Waals surface area contributed by atoms with Crippen LogP contribution in [0.4, 0.5) is 5.69 Å². The fourth-order valence-corrected chi connectivity index (χ4v) is 2.43. The van der Waals surface area contributed by atoms with E-state index < -0.39 is 5.91 Å². The second-order valence-corrected chi connectivity index (χ2v) is 5.38. The van der Waals surface area contributed by atoms with Gasteiger partial charge in [-0.15, -0.1) is 0 Å². The van der Waals surface area contributed by atoms with Gasteiger partial charge in [-0.3, -0.25) is 4.79 Å². The molecule has 5 heteroatoms. The summed E-state index contributed by atoms with van der Waals surface area (Å²) in [5, 5.41) is 4.46. The maximum absolute atomic E-state index is 11.0. The minimum atomic E-state index is -0.432. The van der Waals surface area contributed by atoms with Crippen LogP contribution in [0.15, 0.2) is 42.5 Å². The first-order valence-corrected chi connectivity index (χ1v) is 6.83. The lowest BCUT2D eigenvalue weighted by molar-refractivity contribution is 0.100. The number of primary amides is 1. The molecule has 1 atom stereocenters. The standard InChI is InChI=1S/C15H14Cl2N2O/c1-9(10-2-4-11(5-3-10)15(18)20)19-14-7-12(16)6-13(17)8-14/h2-9,19H,1H3,(H2,18,20). The monoisotopic (exact) mass is 308 g/mol. The maximum Gasteiger partial charge on any atom is 0.248 e. The summed E-state index contributed by atoms with van der Waals surface area (Å²) in [5.74, 6) is -0.432. The fourth-order valence-electron chi connectivity index (χ4n) is 1.91. The van der Waals surface area contributed by atoms with Crippen LogP contribution in [0.3, 0.4) is 0 Å². The van der Waals surface area contributed by atoms with E-state index in [4.69, 9.17) is 28.9 Å². The summed E-state index contributed by atoms with van der Waals surface area (Å²) in [6.45, 7) is 2.01. The molecule has 0 bridgehead atoms. The third-order valence-corrected chi connectivity index (χ3v) is 3.38. The number of hydrogen-bond acceptors (Lipinski definition) is 2. The number of nitrogens with two attached hydrogens (primary N) is 1. The van der Waals surface area contributed by atoms with Gasteiger partial charge < -0.3 is 11.1 Å². The summed E-state index contributed by atoms with van der Waals surface area (Å²) in [6, 6.07) is 12.5. The van der Waals surface area contributed by atoms with Crippen molar-refractivity contribution in [3.05, 3.63) is 63.6 Å². The van der Waals surface area contributed by atoms with Crippen LogP contribution in [0.5, 0.6) is 0 Å². The van der Waals surface area contributed by atoms with Crippen molar-refractivity contribution in [3.8, 4) is 0 Å². The number of carbonyl (C=O) groups excluding carboxylic acids is 1. The molecule has 0 aliphatic rings. The zero-order chi connectivity index (χ0) is 14.7. The Morgan fingerprint density at radius 3 is 2.15 bits per heavy atom. The van der Waals surface area contributed by atoms with Crippen molar-refractivity contribution in [1.82, 2.24) is 0 Å². The first-order chi connectivity index (χ1) is 9.45. The molecule has 2 rings (SSSR count). The Balaban J connectivity index is 2.14. The van der Waals surface area contributed by atoms with Gasteiger partial charge in [-0.05, 0) is 42.8 Å². The predicted octanol–water partition coefficient (Wildman–Crippen LogP) is 4.27. The van der Waals surface area contributed by atoms with Gasteiger partial charge in [0, 0.05) is 27.3 Å². The van der Waals surface area contributed by atoms with E-state index in [9.17, 15) is 4.79 Å². The Labute approximate surface area is 127 Å². The van der Waals surface area contributed by atoms with Crippen LogP contribution in [0.2, 0.25) is 10.0 Å². The number of benzene rings is 2. The van der Waals surface area contributed by atoms with E-state index in [1.807, 2.05) is 31.2 Å². The minimum Gasteiger partial charge on any atom is -0.378 e. The molecule has 20 heavy (non-hydrogen) atoms. The van der Waals surface area contributed by atoms with E-state index >= 15 is 0 Å². The van der Waals surface area contributed by atoms with Crippen LogP contribution in [-0.2, 0) is 0 Å². The van der Waals surface area contributed by atoms with Crippen molar-refractivity contribution in [3.63, 3.8) is 0 Å². The molecule has 2 aromatic rings. The molecule has 3 N–H and O–H groups in total. The lowest BCUT2D eigenvalue weighted by Crippen LogP contribution is -2.11. The second kappa shape index (κ2) is 6.16. The molecule has 0 aromatic heterocycles. The summed E-state index contributed by atoms with van der Waals surface area (Å²) in [4.78, 5) is 11.0. The fraction of sp³-hybridized carbons (Fsp3) is 0.133. The van der Waals surface area contributed by atoms with Crippen LogP contribution in [0.25, 0.3) is 0 Å². The summed E-state index contributed by atoms with van der Waals surface area (Å²) in [7, 11) is 0. The average Bonchev–Trinajstić information content (AvgIpc) is 2.37. The quantitative estimate of drug-likeness (QED) is 0.886. The minimum absolute atomic E-state index is 0.0476. The molecule has 0 aliphatic carbocycles. The lowest BCUT2D eigenvalue weighted by Gasteiger charge is -2.16. The highest BCUT2D eigenvalue weighted by Gasteiger charge is 2.07. The number of carbonyl (C=O) groups is 1. The smallest absolute Gasteiger partial charge is 0.248 e. The highest BCUT2D eigenvalue weighted by atomic mass is 35.5. The van der Waals surface area contributed by atoms with Gasteiger partial charge in [0.05, 0.1) is 0 Å². The Morgan fingerprint density at radius 2 is 1.65 bits per heavy atom. The van der Waals surface area contributed by atoms with Gasteiger partial charge in [-0.25, -0.2) is 0 Å². The lowest BCUT2D eigenvalue weighted by atomic mass is 10.1. The number of hydrogen-bond donors (Lipinski definition) is 2. The van der Waals surface area contributed by atoms with E-state index in [0.29, 0.717) is 15.6 Å². The van der Waals surface area contributed by atoms with E-state index in [2.05, 4.69) is 5.32 Å². The van der Waals surface area contributed by atoms with Gasteiger partial charge in [-0.2, -0.15) is 0 Å². The molecule has 1 unspecified atom stereocenters. The first-order valence-electron chi connectivity index (χ1n) is 6.08. The summed E-state index contributed by atoms with van der Waals surface area (Å²) in [6.07, 6.45) is 0. The van der Waals surface area contributed by atoms with Crippen molar-refractivity contribution >= 4 is 34.8 Å². The molecule has 0 spiro atoms. The topological polar surface area (TPSA) is 55.1 Å². The van der Waals surface area contributed by atoms with E-state index in [0.717, 1.165) is 11.3 Å². The Kier molecular flexibility index (Phi) is 4.53. The first kappa shape index (κ1) is 14.7. The molecule has 1 amide bonds. The normalized spacial score (nSPS) is 11.9. The van der Waals surface area contributed by atoms with Crippen molar-refractivity contribution in [2.75, 3.05) is 5.32 Å². The molecular formula is C15H14Cl2N2O. The van der Waals surface area contributed by atoms with E-state index in [-0.39, 0.29) is 6.04 Å². The van der Waals surface area contributed by atoms with Crippen LogP contribution in [-0.4, -0.2) is 5.91 Å². The number of rotatable bonds is 4. The highest BCUT2D eigenvalue weighted by molar-refractivity contribution is 6.35. The summed E-state index contributed by atoms with van der Waals surface area (Å²) >= 11 is 11.9. The highest BCUT2D eigenvalue weighted by Crippen LogP contribution is 2.26. The third kappa shape index (κ3) is 3.65. The largest absolute Gasteiger partial charge is 0.378 e. The third-order valence-electron chi connectivity index (χ3n) is 2.94. The van der Waals surface area contributed by atoms with Crippen LogP contribution >= 0.6 is 23.2 Å². The van der Waals surface area contributed by atoms with Crippen LogP contribution in [0, 0.1) is 0 Å². The molecular weight excluding hydrogens is 295 g/mol. The van der Waals surface area contributed by atoms with Crippen LogP contribution in [0.1, 0.15) is 28.9 Å². The predicted molar refractivity (Wildman–Crippen MR) is 83.5 cm³/mol. The number of halogens is 2. The van der Waals surface area contributed by atoms with Crippen molar-refractivity contribution in [1.29, 1.82) is 0 Å². The zero-order valence-corrected chi connectivity index (χ0v) is 12.4. The van der Waals surface area contributed by atoms with Gasteiger partial charge in [0.25, 0.3) is 0 Å². The molecule has 104 valence electrons. The summed E-state index contributed by atoms with van der Waals surface area (Å²) in [5.41, 5.74) is 7.58. The van der Waals surface area contributed by atoms with Crippen molar-refractivity contribution < 1.29 is 4.79 Å². The van der Waals surface area contributed by atoms with Gasteiger partial charge in [-0.1, -0.05) is 35.3 Å². The Morgan fingerprint density at radius 1 is 1.10 bits per heavy atom. The summed E-state index contributed by atoms with van der Waals surface area (Å²) < 4.78 is 0. The van der Waals surface area contributed by atoms with Crippen LogP contribution < -0.4 is 11.1 Å². The van der Waals surface area contributed by atoms with E-state index in [1.165, 1.54) is 0 Å². The SMILES string of the molecule is CC(Nc1cc(Cl)cc(Cl)c1)c1ccc(C(N)=O)cc1. The number of nitrogens with one attached hydrogen (secondary N) is 1. The van der Waals surface area contributed by atoms with Gasteiger partial charge in [0.2, 0.25) is 5.91 Å². The molecule has 0 radical (unpaired) electrons. The average molecular weight is 309 g/mol.